The molecule has 0 aliphatic carbocycles. The van der Waals surface area contributed by atoms with E-state index in [9.17, 15) is 0 Å². The summed E-state index contributed by atoms with van der Waals surface area (Å²) in [7, 11) is 0. The fraction of sp³-hybridized carbons (Fsp3) is 0. The summed E-state index contributed by atoms with van der Waals surface area (Å²) in [5.41, 5.74) is 15.8. The number of fused-ring (bicyclic) bond motifs is 8. The van der Waals surface area contributed by atoms with Crippen molar-refractivity contribution < 1.29 is 8.83 Å². The van der Waals surface area contributed by atoms with E-state index in [1.165, 1.54) is 33.0 Å². The van der Waals surface area contributed by atoms with E-state index in [1.807, 2.05) is 12.1 Å². The summed E-state index contributed by atoms with van der Waals surface area (Å²) in [5.74, 6) is 0. The summed E-state index contributed by atoms with van der Waals surface area (Å²) in [4.78, 5) is 2.35. The first kappa shape index (κ1) is 34.9. The molecule has 0 aliphatic heterocycles. The Morgan fingerprint density at radius 1 is 0.279 bits per heavy atom. The van der Waals surface area contributed by atoms with Crippen LogP contribution in [0.4, 0.5) is 17.1 Å². The summed E-state index contributed by atoms with van der Waals surface area (Å²) in [6.45, 7) is 0. The summed E-state index contributed by atoms with van der Waals surface area (Å²) in [6, 6.07) is 79.8. The maximum Gasteiger partial charge on any atom is 0.143 e. The Labute approximate surface area is 353 Å². The standard InChI is InChI=1S/C58H37NO2/c1-3-13-38(14-4-1)40-27-32-44(33-28-40)59(46-19-9-18-43(37-46)39-15-5-2-6-16-39)45-34-29-41(30-35-45)47-21-10-17-42-31-36-54-56(55(42)47)52-25-12-24-51(58(52)61-54)50-23-11-22-49-48-20-7-8-26-53(48)60-57(49)50/h1-37H. The van der Waals surface area contributed by atoms with E-state index in [2.05, 4.69) is 217 Å². The van der Waals surface area contributed by atoms with Crippen LogP contribution in [-0.4, -0.2) is 0 Å². The van der Waals surface area contributed by atoms with Crippen LogP contribution < -0.4 is 4.90 Å². The zero-order valence-electron chi connectivity index (χ0n) is 33.1. The van der Waals surface area contributed by atoms with E-state index in [1.54, 1.807) is 0 Å². The normalized spacial score (nSPS) is 11.6. The van der Waals surface area contributed by atoms with Gasteiger partial charge < -0.3 is 13.7 Å². The van der Waals surface area contributed by atoms with Crippen molar-refractivity contribution in [1.82, 2.24) is 0 Å². The van der Waals surface area contributed by atoms with Crippen LogP contribution in [0.2, 0.25) is 0 Å². The smallest absolute Gasteiger partial charge is 0.143 e. The molecule has 10 aromatic carbocycles. The highest BCUT2D eigenvalue weighted by molar-refractivity contribution is 6.25. The van der Waals surface area contributed by atoms with Crippen molar-refractivity contribution in [2.24, 2.45) is 0 Å². The average Bonchev–Trinajstić information content (AvgIpc) is 3.92. The Morgan fingerprint density at radius 2 is 0.803 bits per heavy atom. The van der Waals surface area contributed by atoms with Crippen molar-refractivity contribution >= 4 is 71.7 Å². The number of furan rings is 2. The minimum absolute atomic E-state index is 0.856. The van der Waals surface area contributed by atoms with Gasteiger partial charge in [-0.15, -0.1) is 0 Å². The molecule has 2 aromatic heterocycles. The van der Waals surface area contributed by atoms with E-state index >= 15 is 0 Å². The monoisotopic (exact) mass is 779 g/mol. The van der Waals surface area contributed by atoms with E-state index in [0.717, 1.165) is 83.2 Å². The van der Waals surface area contributed by atoms with E-state index in [0.29, 0.717) is 0 Å². The molecular weight excluding hydrogens is 743 g/mol. The largest absolute Gasteiger partial charge is 0.455 e. The zero-order chi connectivity index (χ0) is 40.3. The second-order valence-corrected chi connectivity index (χ2v) is 15.6. The summed E-state index contributed by atoms with van der Waals surface area (Å²) in [5, 5.41) is 6.75. The fourth-order valence-corrected chi connectivity index (χ4v) is 9.20. The van der Waals surface area contributed by atoms with Gasteiger partial charge in [0.2, 0.25) is 0 Å². The van der Waals surface area contributed by atoms with Crippen molar-refractivity contribution in [3.05, 3.63) is 224 Å². The number of hydrogen-bond donors (Lipinski definition) is 0. The lowest BCUT2D eigenvalue weighted by Gasteiger charge is -2.26. The first-order valence-corrected chi connectivity index (χ1v) is 20.7. The molecule has 286 valence electrons. The molecule has 0 bridgehead atoms. The SMILES string of the molecule is c1ccc(-c2ccc(N(c3ccc(-c4cccc5ccc6oc7c(-c8cccc9c8oc8ccccc89)cccc7c6c45)cc3)c3cccc(-c4ccccc4)c3)cc2)cc1. The molecule has 0 saturated heterocycles. The first-order valence-electron chi connectivity index (χ1n) is 20.7. The Hall–Kier alpha value is -8.14. The van der Waals surface area contributed by atoms with Gasteiger partial charge in [0.25, 0.3) is 0 Å². The highest BCUT2D eigenvalue weighted by Gasteiger charge is 2.21. The molecule has 2 heterocycles. The number of para-hydroxylation sites is 3. The van der Waals surface area contributed by atoms with Crippen molar-refractivity contribution in [3.63, 3.8) is 0 Å². The molecule has 0 radical (unpaired) electrons. The van der Waals surface area contributed by atoms with Gasteiger partial charge in [0.1, 0.15) is 22.3 Å². The van der Waals surface area contributed by atoms with Gasteiger partial charge in [-0.25, -0.2) is 0 Å². The lowest BCUT2D eigenvalue weighted by Crippen LogP contribution is -2.10. The molecule has 0 aliphatic rings. The summed E-state index contributed by atoms with van der Waals surface area (Å²) in [6.07, 6.45) is 0. The van der Waals surface area contributed by atoms with Crippen LogP contribution in [0.25, 0.3) is 99.2 Å². The minimum atomic E-state index is 0.856. The number of nitrogens with zero attached hydrogens (tertiary/aromatic N) is 1. The van der Waals surface area contributed by atoms with Crippen LogP contribution in [0.5, 0.6) is 0 Å². The molecule has 61 heavy (non-hydrogen) atoms. The Bertz CT molecular complexity index is 3560. The Balaban J connectivity index is 0.987. The molecular formula is C58H37NO2. The quantitative estimate of drug-likeness (QED) is 0.161. The van der Waals surface area contributed by atoms with E-state index in [-0.39, 0.29) is 0 Å². The molecule has 0 saturated carbocycles. The molecule has 0 unspecified atom stereocenters. The molecule has 3 nitrogen and oxygen atoms in total. The van der Waals surface area contributed by atoms with Gasteiger partial charge in [-0.3, -0.25) is 0 Å². The lowest BCUT2D eigenvalue weighted by atomic mass is 9.93. The third-order valence-electron chi connectivity index (χ3n) is 12.1. The highest BCUT2D eigenvalue weighted by atomic mass is 16.3. The van der Waals surface area contributed by atoms with Crippen molar-refractivity contribution in [3.8, 4) is 44.5 Å². The predicted molar refractivity (Wildman–Crippen MR) is 255 cm³/mol. The molecule has 12 aromatic rings. The Morgan fingerprint density at radius 3 is 1.54 bits per heavy atom. The van der Waals surface area contributed by atoms with Gasteiger partial charge in [0.05, 0.1) is 0 Å². The van der Waals surface area contributed by atoms with Gasteiger partial charge in [-0.1, -0.05) is 176 Å². The van der Waals surface area contributed by atoms with Gasteiger partial charge >= 0.3 is 0 Å². The van der Waals surface area contributed by atoms with Gasteiger partial charge in [0.15, 0.2) is 0 Å². The minimum Gasteiger partial charge on any atom is -0.455 e. The van der Waals surface area contributed by atoms with Crippen molar-refractivity contribution in [2.75, 3.05) is 4.90 Å². The third-order valence-corrected chi connectivity index (χ3v) is 12.1. The van der Waals surface area contributed by atoms with E-state index < -0.39 is 0 Å². The Kier molecular flexibility index (Phi) is 8.17. The first-order chi connectivity index (χ1) is 30.2. The number of benzene rings is 10. The van der Waals surface area contributed by atoms with Crippen molar-refractivity contribution in [1.29, 1.82) is 0 Å². The van der Waals surface area contributed by atoms with Crippen molar-refractivity contribution in [2.45, 2.75) is 0 Å². The number of hydrogen-bond acceptors (Lipinski definition) is 3. The molecule has 0 spiro atoms. The predicted octanol–water partition coefficient (Wildman–Crippen LogP) is 16.8. The van der Waals surface area contributed by atoms with Crippen LogP contribution >= 0.6 is 0 Å². The highest BCUT2D eigenvalue weighted by Crippen LogP contribution is 2.45. The molecule has 0 fully saturated rings. The molecule has 0 atom stereocenters. The average molecular weight is 780 g/mol. The molecule has 0 N–H and O–H groups in total. The number of rotatable bonds is 7. The van der Waals surface area contributed by atoms with Crippen LogP contribution in [0, 0.1) is 0 Å². The second-order valence-electron chi connectivity index (χ2n) is 15.6. The summed E-state index contributed by atoms with van der Waals surface area (Å²) < 4.78 is 13.3. The van der Waals surface area contributed by atoms with Crippen LogP contribution in [0.3, 0.4) is 0 Å². The van der Waals surface area contributed by atoms with E-state index in [4.69, 9.17) is 8.83 Å². The van der Waals surface area contributed by atoms with Crippen LogP contribution in [0.1, 0.15) is 0 Å². The maximum atomic E-state index is 6.84. The lowest BCUT2D eigenvalue weighted by molar-refractivity contribution is 0.665. The second kappa shape index (κ2) is 14.3. The van der Waals surface area contributed by atoms with Gasteiger partial charge in [-0.05, 0) is 87.3 Å². The molecule has 3 heteroatoms. The molecule has 0 amide bonds. The van der Waals surface area contributed by atoms with Gasteiger partial charge in [-0.2, -0.15) is 0 Å². The van der Waals surface area contributed by atoms with Gasteiger partial charge in [0, 0.05) is 55.1 Å². The zero-order valence-corrected chi connectivity index (χ0v) is 33.1. The maximum absolute atomic E-state index is 6.84. The third kappa shape index (κ3) is 5.90. The van der Waals surface area contributed by atoms with Crippen LogP contribution in [0.15, 0.2) is 233 Å². The topological polar surface area (TPSA) is 29.5 Å². The summed E-state index contributed by atoms with van der Waals surface area (Å²) >= 11 is 0. The molecule has 12 rings (SSSR count). The number of anilines is 3. The fourth-order valence-electron chi connectivity index (χ4n) is 9.20. The van der Waals surface area contributed by atoms with Crippen LogP contribution in [-0.2, 0) is 0 Å².